The van der Waals surface area contributed by atoms with E-state index in [1.165, 1.54) is 0 Å². The van der Waals surface area contributed by atoms with Gasteiger partial charge in [-0.2, -0.15) is 5.10 Å². The maximum Gasteiger partial charge on any atom is 0.303 e. The molecule has 0 bridgehead atoms. The third-order valence-corrected chi connectivity index (χ3v) is 3.62. The molecule has 2 N–H and O–H groups in total. The van der Waals surface area contributed by atoms with Crippen LogP contribution in [0.2, 0.25) is 0 Å². The summed E-state index contributed by atoms with van der Waals surface area (Å²) in [5, 5.41) is 16.4. The Morgan fingerprint density at radius 2 is 2.19 bits per heavy atom. The third-order valence-electron chi connectivity index (χ3n) is 3.62. The van der Waals surface area contributed by atoms with Crippen molar-refractivity contribution in [2.24, 2.45) is 5.41 Å². The molecular formula is C15H22N4O2. The minimum Gasteiger partial charge on any atom is -0.481 e. The number of nitrogens with zero attached hydrogens (tertiary/aromatic N) is 3. The number of carboxylic acid groups (broad SMARTS) is 1. The molecule has 0 unspecified atom stereocenters. The van der Waals surface area contributed by atoms with Crippen LogP contribution in [-0.2, 0) is 4.79 Å². The van der Waals surface area contributed by atoms with Gasteiger partial charge in [-0.1, -0.05) is 13.8 Å². The molecule has 0 aromatic carbocycles. The predicted octanol–water partition coefficient (Wildman–Crippen LogP) is 2.73. The Morgan fingerprint density at radius 3 is 2.90 bits per heavy atom. The van der Waals surface area contributed by atoms with Crippen molar-refractivity contribution in [1.29, 1.82) is 0 Å². The SMILES string of the molecule is Cc1cc2c(NCCC(C)(C)CCC(=O)O)nccn2n1. The fraction of sp³-hybridized carbons (Fsp3) is 0.533. The van der Waals surface area contributed by atoms with Crippen LogP contribution in [-0.4, -0.2) is 32.2 Å². The van der Waals surface area contributed by atoms with Crippen LogP contribution in [0, 0.1) is 12.3 Å². The Balaban J connectivity index is 1.94. The Morgan fingerprint density at radius 1 is 1.43 bits per heavy atom. The lowest BCUT2D eigenvalue weighted by molar-refractivity contribution is -0.137. The number of aryl methyl sites for hydroxylation is 1. The van der Waals surface area contributed by atoms with Gasteiger partial charge in [0.1, 0.15) is 5.52 Å². The van der Waals surface area contributed by atoms with E-state index in [4.69, 9.17) is 5.11 Å². The first-order chi connectivity index (χ1) is 9.87. The quantitative estimate of drug-likeness (QED) is 0.819. The zero-order valence-corrected chi connectivity index (χ0v) is 12.8. The number of fused-ring (bicyclic) bond motifs is 1. The molecule has 0 spiro atoms. The molecule has 0 aliphatic carbocycles. The Labute approximate surface area is 124 Å². The lowest BCUT2D eigenvalue weighted by Gasteiger charge is -2.24. The van der Waals surface area contributed by atoms with Gasteiger partial charge in [-0.25, -0.2) is 9.50 Å². The molecule has 0 amide bonds. The highest BCUT2D eigenvalue weighted by Crippen LogP contribution is 2.27. The first-order valence-electron chi connectivity index (χ1n) is 7.14. The van der Waals surface area contributed by atoms with Gasteiger partial charge in [0, 0.05) is 25.4 Å². The van der Waals surface area contributed by atoms with Gasteiger partial charge in [-0.3, -0.25) is 4.79 Å². The largest absolute Gasteiger partial charge is 0.481 e. The number of aliphatic carboxylic acids is 1. The number of anilines is 1. The highest BCUT2D eigenvalue weighted by molar-refractivity contribution is 5.67. The molecule has 21 heavy (non-hydrogen) atoms. The van der Waals surface area contributed by atoms with Crippen molar-refractivity contribution in [2.75, 3.05) is 11.9 Å². The fourth-order valence-electron chi connectivity index (χ4n) is 2.27. The Kier molecular flexibility index (Phi) is 4.45. The second kappa shape index (κ2) is 6.11. The van der Waals surface area contributed by atoms with E-state index in [0.717, 1.165) is 30.0 Å². The van der Waals surface area contributed by atoms with Gasteiger partial charge in [0.25, 0.3) is 0 Å². The summed E-state index contributed by atoms with van der Waals surface area (Å²) in [4.78, 5) is 15.0. The monoisotopic (exact) mass is 290 g/mol. The Hall–Kier alpha value is -2.11. The van der Waals surface area contributed by atoms with Crippen LogP contribution < -0.4 is 5.32 Å². The first-order valence-corrected chi connectivity index (χ1v) is 7.14. The van der Waals surface area contributed by atoms with E-state index in [2.05, 4.69) is 29.2 Å². The third kappa shape index (κ3) is 4.18. The summed E-state index contributed by atoms with van der Waals surface area (Å²) in [6.07, 6.45) is 5.31. The number of aromatic nitrogens is 3. The second-order valence-corrected chi connectivity index (χ2v) is 6.13. The molecule has 0 radical (unpaired) electrons. The molecule has 6 heteroatoms. The van der Waals surface area contributed by atoms with Gasteiger partial charge in [0.2, 0.25) is 0 Å². The van der Waals surface area contributed by atoms with Crippen molar-refractivity contribution in [1.82, 2.24) is 14.6 Å². The molecule has 0 saturated heterocycles. The van der Waals surface area contributed by atoms with E-state index in [-0.39, 0.29) is 11.8 Å². The highest BCUT2D eigenvalue weighted by atomic mass is 16.4. The van der Waals surface area contributed by atoms with Crippen molar-refractivity contribution in [3.8, 4) is 0 Å². The summed E-state index contributed by atoms with van der Waals surface area (Å²) in [6, 6.07) is 1.99. The molecule has 0 fully saturated rings. The molecular weight excluding hydrogens is 268 g/mol. The number of carbonyl (C=O) groups is 1. The van der Waals surface area contributed by atoms with Crippen LogP contribution in [0.25, 0.3) is 5.52 Å². The summed E-state index contributed by atoms with van der Waals surface area (Å²) in [5.41, 5.74) is 1.90. The summed E-state index contributed by atoms with van der Waals surface area (Å²) in [7, 11) is 0. The molecule has 0 aliphatic rings. The number of rotatable bonds is 7. The molecule has 0 aliphatic heterocycles. The van der Waals surface area contributed by atoms with Gasteiger partial charge < -0.3 is 10.4 Å². The van der Waals surface area contributed by atoms with E-state index in [9.17, 15) is 4.79 Å². The van der Waals surface area contributed by atoms with Gasteiger partial charge in [0.15, 0.2) is 5.82 Å². The highest BCUT2D eigenvalue weighted by Gasteiger charge is 2.19. The lowest BCUT2D eigenvalue weighted by Crippen LogP contribution is -2.18. The molecule has 0 atom stereocenters. The number of nitrogens with one attached hydrogen (secondary N) is 1. The van der Waals surface area contributed by atoms with Gasteiger partial charge in [-0.05, 0) is 31.2 Å². The predicted molar refractivity (Wildman–Crippen MR) is 81.5 cm³/mol. The molecule has 0 saturated carbocycles. The zero-order chi connectivity index (χ0) is 15.5. The van der Waals surface area contributed by atoms with Gasteiger partial charge in [0.05, 0.1) is 5.69 Å². The van der Waals surface area contributed by atoms with Crippen LogP contribution in [0.1, 0.15) is 38.8 Å². The minimum atomic E-state index is -0.739. The molecule has 114 valence electrons. The number of hydrogen-bond acceptors (Lipinski definition) is 4. The summed E-state index contributed by atoms with van der Waals surface area (Å²) < 4.78 is 1.81. The van der Waals surface area contributed by atoms with Crippen molar-refractivity contribution in [2.45, 2.75) is 40.0 Å². The maximum absolute atomic E-state index is 10.7. The Bertz CT molecular complexity index is 634. The van der Waals surface area contributed by atoms with E-state index in [0.29, 0.717) is 6.42 Å². The first kappa shape index (κ1) is 15.3. The average molecular weight is 290 g/mol. The standard InChI is InChI=1S/C15H22N4O2/c1-11-10-12-14(17-8-9-19(12)18-11)16-7-6-15(2,3)5-4-13(20)21/h8-10H,4-7H2,1-3H3,(H,16,17)(H,20,21). The van der Waals surface area contributed by atoms with Crippen molar-refractivity contribution >= 4 is 17.3 Å². The van der Waals surface area contributed by atoms with Crippen LogP contribution in [0.3, 0.4) is 0 Å². The van der Waals surface area contributed by atoms with Gasteiger partial charge in [-0.15, -0.1) is 0 Å². The molecule has 6 nitrogen and oxygen atoms in total. The smallest absolute Gasteiger partial charge is 0.303 e. The summed E-state index contributed by atoms with van der Waals surface area (Å²) in [6.45, 7) is 6.89. The summed E-state index contributed by atoms with van der Waals surface area (Å²) in [5.74, 6) is 0.0735. The minimum absolute atomic E-state index is 0.00732. The van der Waals surface area contributed by atoms with E-state index in [1.807, 2.05) is 19.2 Å². The average Bonchev–Trinajstić information content (AvgIpc) is 2.78. The van der Waals surface area contributed by atoms with Crippen LogP contribution in [0.4, 0.5) is 5.82 Å². The van der Waals surface area contributed by atoms with E-state index >= 15 is 0 Å². The van der Waals surface area contributed by atoms with E-state index in [1.54, 1.807) is 10.7 Å². The van der Waals surface area contributed by atoms with Crippen LogP contribution in [0.5, 0.6) is 0 Å². The van der Waals surface area contributed by atoms with E-state index < -0.39 is 5.97 Å². The fourth-order valence-corrected chi connectivity index (χ4v) is 2.27. The van der Waals surface area contributed by atoms with Crippen molar-refractivity contribution in [3.05, 3.63) is 24.2 Å². The second-order valence-electron chi connectivity index (χ2n) is 6.13. The topological polar surface area (TPSA) is 79.5 Å². The number of carboxylic acids is 1. The molecule has 2 rings (SSSR count). The van der Waals surface area contributed by atoms with Crippen LogP contribution in [0.15, 0.2) is 18.5 Å². The van der Waals surface area contributed by atoms with Crippen molar-refractivity contribution in [3.63, 3.8) is 0 Å². The summed E-state index contributed by atoms with van der Waals surface area (Å²) >= 11 is 0. The molecule has 2 aromatic rings. The maximum atomic E-state index is 10.7. The molecule has 2 heterocycles. The zero-order valence-electron chi connectivity index (χ0n) is 12.8. The van der Waals surface area contributed by atoms with Crippen molar-refractivity contribution < 1.29 is 9.90 Å². The molecule has 2 aromatic heterocycles. The normalized spacial score (nSPS) is 11.8. The number of hydrogen-bond donors (Lipinski definition) is 2. The van der Waals surface area contributed by atoms with Gasteiger partial charge >= 0.3 is 5.97 Å². The van der Waals surface area contributed by atoms with Crippen LogP contribution >= 0.6 is 0 Å². The lowest BCUT2D eigenvalue weighted by atomic mass is 9.84.